The number of rotatable bonds is 3. The van der Waals surface area contributed by atoms with Crippen molar-refractivity contribution in [2.45, 2.75) is 50.2 Å². The van der Waals surface area contributed by atoms with Gasteiger partial charge in [-0.05, 0) is 49.4 Å². The fraction of sp³-hybridized carbons (Fsp3) is 0.400. The van der Waals surface area contributed by atoms with E-state index in [9.17, 15) is 18.0 Å². The Morgan fingerprint density at radius 1 is 1.09 bits per heavy atom. The van der Waals surface area contributed by atoms with Gasteiger partial charge in [0, 0.05) is 12.0 Å². The Hall–Kier alpha value is -3.56. The lowest BCUT2D eigenvalue weighted by atomic mass is 9.84. The number of fused-ring (bicyclic) bond motifs is 2. The molecule has 0 radical (unpaired) electrons. The lowest BCUT2D eigenvalue weighted by molar-refractivity contribution is -0.192. The molecule has 1 fully saturated rings. The van der Waals surface area contributed by atoms with Crippen molar-refractivity contribution in [1.82, 2.24) is 15.3 Å². The molecule has 1 saturated carbocycles. The molecule has 5 rings (SSSR count). The summed E-state index contributed by atoms with van der Waals surface area (Å²) in [5.41, 5.74) is 3.22. The first-order valence-corrected chi connectivity index (χ1v) is 11.5. The van der Waals surface area contributed by atoms with E-state index < -0.39 is 12.1 Å². The van der Waals surface area contributed by atoms with Crippen LogP contribution in [0.25, 0.3) is 11.0 Å². The number of imidazole rings is 1. The number of para-hydroxylation sites is 3. The zero-order valence-electron chi connectivity index (χ0n) is 18.8. The number of nitrogens with zero attached hydrogens (tertiary/aromatic N) is 1. The van der Waals surface area contributed by atoms with Gasteiger partial charge in [0.2, 0.25) is 5.91 Å². The van der Waals surface area contributed by atoms with Crippen LogP contribution in [-0.2, 0) is 16.0 Å². The monoisotopic (exact) mass is 489 g/mol. The van der Waals surface area contributed by atoms with E-state index in [0.29, 0.717) is 12.5 Å². The largest absolute Gasteiger partial charge is 0.492 e. The summed E-state index contributed by atoms with van der Waals surface area (Å²) in [6, 6.07) is 16.3. The minimum Gasteiger partial charge on any atom is -0.492 e. The van der Waals surface area contributed by atoms with Crippen LogP contribution in [0.5, 0.6) is 5.75 Å². The Balaban J connectivity index is 0.000000364. The average molecular weight is 489 g/mol. The van der Waals surface area contributed by atoms with Crippen LogP contribution >= 0.6 is 0 Å². The van der Waals surface area contributed by atoms with E-state index in [1.165, 1.54) is 0 Å². The zero-order chi connectivity index (χ0) is 25.0. The summed E-state index contributed by atoms with van der Waals surface area (Å²) in [7, 11) is 0. The van der Waals surface area contributed by atoms with Crippen molar-refractivity contribution in [3.63, 3.8) is 0 Å². The van der Waals surface area contributed by atoms with E-state index in [-0.39, 0.29) is 17.9 Å². The topological polar surface area (TPSA) is 104 Å². The molecule has 2 aliphatic rings. The highest BCUT2D eigenvalue weighted by Gasteiger charge is 2.38. The Kier molecular flexibility index (Phi) is 7.28. The first-order chi connectivity index (χ1) is 16.7. The molecular formula is C25H26F3N3O4. The molecule has 1 aromatic heterocycles. The number of benzene rings is 2. The number of aliphatic carboxylic acids is 1. The second-order valence-corrected chi connectivity index (χ2v) is 8.83. The van der Waals surface area contributed by atoms with Crippen molar-refractivity contribution in [2.75, 3.05) is 6.61 Å². The number of halogens is 3. The van der Waals surface area contributed by atoms with Gasteiger partial charge in [-0.3, -0.25) is 4.79 Å². The molecule has 1 amide bonds. The molecule has 35 heavy (non-hydrogen) atoms. The fourth-order valence-corrected chi connectivity index (χ4v) is 4.55. The maximum atomic E-state index is 12.8. The number of alkyl halides is 3. The minimum absolute atomic E-state index is 0.110. The van der Waals surface area contributed by atoms with E-state index in [2.05, 4.69) is 16.4 Å². The zero-order valence-corrected chi connectivity index (χ0v) is 18.8. The third-order valence-corrected chi connectivity index (χ3v) is 6.31. The van der Waals surface area contributed by atoms with Crippen molar-refractivity contribution < 1.29 is 32.6 Å². The van der Waals surface area contributed by atoms with Gasteiger partial charge in [0.1, 0.15) is 18.2 Å². The number of carboxylic acids is 1. The molecule has 2 aromatic carbocycles. The number of carbonyl (C=O) groups excluding carboxylic acids is 1. The van der Waals surface area contributed by atoms with Crippen LogP contribution in [-0.4, -0.2) is 45.8 Å². The molecule has 3 aromatic rings. The van der Waals surface area contributed by atoms with Crippen molar-refractivity contribution in [2.24, 2.45) is 5.92 Å². The van der Waals surface area contributed by atoms with Gasteiger partial charge in [-0.2, -0.15) is 13.2 Å². The number of hydrogen-bond acceptors (Lipinski definition) is 4. The smallest absolute Gasteiger partial charge is 0.490 e. The van der Waals surface area contributed by atoms with Gasteiger partial charge >= 0.3 is 12.1 Å². The molecule has 3 atom stereocenters. The summed E-state index contributed by atoms with van der Waals surface area (Å²) < 4.78 is 37.5. The van der Waals surface area contributed by atoms with Crippen molar-refractivity contribution in [3.8, 4) is 5.75 Å². The molecule has 7 nitrogen and oxygen atoms in total. The van der Waals surface area contributed by atoms with Crippen LogP contribution in [0, 0.1) is 5.92 Å². The molecule has 0 spiro atoms. The van der Waals surface area contributed by atoms with Gasteiger partial charge in [-0.1, -0.05) is 36.8 Å². The molecule has 1 unspecified atom stereocenters. The van der Waals surface area contributed by atoms with Crippen LogP contribution in [0.15, 0.2) is 48.5 Å². The number of nitrogens with one attached hydrogen (secondary N) is 2. The Bertz CT molecular complexity index is 1160. The van der Waals surface area contributed by atoms with E-state index in [1.54, 1.807) is 0 Å². The van der Waals surface area contributed by atoms with Crippen LogP contribution in [0.2, 0.25) is 0 Å². The Morgan fingerprint density at radius 3 is 2.54 bits per heavy atom. The standard InChI is InChI=1S/C23H25N3O2.C2HF3O2/c27-23(17-12-15-6-1-4-11-21(15)28-14-17)24-18-8-5-7-16(13-18)22-25-19-9-2-3-10-20(19)26-22;3-2(4,5)1(6)7/h1-4,6,9-11,16-18H,5,7-8,12-14H2,(H,24,27)(H,25,26);(H,6,7)/t16-,17?,18+;/m0./s1. The summed E-state index contributed by atoms with van der Waals surface area (Å²) in [4.78, 5) is 30.0. The highest BCUT2D eigenvalue weighted by molar-refractivity contribution is 5.80. The number of carboxylic acid groups (broad SMARTS) is 1. The Morgan fingerprint density at radius 2 is 1.80 bits per heavy atom. The summed E-state index contributed by atoms with van der Waals surface area (Å²) in [5, 5.41) is 10.4. The molecule has 10 heteroatoms. The third-order valence-electron chi connectivity index (χ3n) is 6.31. The normalized spacial score (nSPS) is 21.7. The SMILES string of the molecule is O=C(N[C@@H]1CCC[C@H](c2nc3ccccc3[nH]2)C1)C1COc2ccccc2C1.O=C(O)C(F)(F)F. The molecule has 1 aliphatic carbocycles. The highest BCUT2D eigenvalue weighted by Crippen LogP contribution is 2.33. The predicted molar refractivity (Wildman–Crippen MR) is 122 cm³/mol. The van der Waals surface area contributed by atoms with Crippen LogP contribution in [0.1, 0.15) is 43.0 Å². The second kappa shape index (κ2) is 10.4. The van der Waals surface area contributed by atoms with Crippen molar-refractivity contribution >= 4 is 22.9 Å². The van der Waals surface area contributed by atoms with Gasteiger partial charge in [-0.25, -0.2) is 9.78 Å². The lowest BCUT2D eigenvalue weighted by Crippen LogP contribution is -2.44. The number of hydrogen-bond donors (Lipinski definition) is 3. The van der Waals surface area contributed by atoms with Gasteiger partial charge in [0.05, 0.1) is 17.0 Å². The number of amides is 1. The fourth-order valence-electron chi connectivity index (χ4n) is 4.55. The molecule has 0 saturated heterocycles. The van der Waals surface area contributed by atoms with Gasteiger partial charge in [0.25, 0.3) is 0 Å². The number of H-pyrrole nitrogens is 1. The molecule has 2 heterocycles. The van der Waals surface area contributed by atoms with E-state index in [0.717, 1.165) is 60.3 Å². The molecule has 186 valence electrons. The predicted octanol–water partition coefficient (Wildman–Crippen LogP) is 4.59. The number of carbonyl (C=O) groups is 2. The maximum absolute atomic E-state index is 12.8. The van der Waals surface area contributed by atoms with Gasteiger partial charge in [-0.15, -0.1) is 0 Å². The summed E-state index contributed by atoms with van der Waals surface area (Å²) in [5.74, 6) is -0.419. The molecule has 0 bridgehead atoms. The highest BCUT2D eigenvalue weighted by atomic mass is 19.4. The Labute approximate surface area is 199 Å². The third kappa shape index (κ3) is 6.12. The van der Waals surface area contributed by atoms with E-state index >= 15 is 0 Å². The average Bonchev–Trinajstić information content (AvgIpc) is 3.28. The van der Waals surface area contributed by atoms with Gasteiger partial charge < -0.3 is 20.1 Å². The van der Waals surface area contributed by atoms with Crippen molar-refractivity contribution in [1.29, 1.82) is 0 Å². The maximum Gasteiger partial charge on any atom is 0.490 e. The van der Waals surface area contributed by atoms with Crippen LogP contribution < -0.4 is 10.1 Å². The summed E-state index contributed by atoms with van der Waals surface area (Å²) >= 11 is 0. The van der Waals surface area contributed by atoms with E-state index in [1.807, 2.05) is 42.5 Å². The van der Waals surface area contributed by atoms with Gasteiger partial charge in [0.15, 0.2) is 0 Å². The minimum atomic E-state index is -5.08. The first kappa shape index (κ1) is 24.6. The quantitative estimate of drug-likeness (QED) is 0.499. The number of ether oxygens (including phenoxy) is 1. The molecule has 1 aliphatic heterocycles. The van der Waals surface area contributed by atoms with Crippen LogP contribution in [0.4, 0.5) is 13.2 Å². The first-order valence-electron chi connectivity index (χ1n) is 11.5. The van der Waals surface area contributed by atoms with Crippen LogP contribution in [0.3, 0.4) is 0 Å². The lowest BCUT2D eigenvalue weighted by Gasteiger charge is -2.31. The summed E-state index contributed by atoms with van der Waals surface area (Å²) in [6.07, 6.45) is -0.132. The second-order valence-electron chi connectivity index (χ2n) is 8.83. The number of aromatic nitrogens is 2. The molecular weight excluding hydrogens is 463 g/mol. The summed E-state index contributed by atoms with van der Waals surface area (Å²) in [6.45, 7) is 0.461. The van der Waals surface area contributed by atoms with E-state index in [4.69, 9.17) is 19.6 Å². The number of aromatic amines is 1. The molecule has 3 N–H and O–H groups in total. The van der Waals surface area contributed by atoms with Crippen molar-refractivity contribution in [3.05, 3.63) is 59.9 Å².